The van der Waals surface area contributed by atoms with E-state index in [4.69, 9.17) is 9.47 Å². The Balaban J connectivity index is 1.97. The quantitative estimate of drug-likeness (QED) is 0.411. The molecule has 0 saturated carbocycles. The lowest BCUT2D eigenvalue weighted by atomic mass is 9.98. The first-order chi connectivity index (χ1) is 16.4. The smallest absolute Gasteiger partial charge is 0.339 e. The Morgan fingerprint density at radius 3 is 2.53 bits per heavy atom. The van der Waals surface area contributed by atoms with Crippen LogP contribution >= 0.6 is 0 Å². The van der Waals surface area contributed by atoms with E-state index < -0.39 is 12.0 Å². The van der Waals surface area contributed by atoms with Gasteiger partial charge in [0.1, 0.15) is 22.8 Å². The highest BCUT2D eigenvalue weighted by atomic mass is 16.5. The van der Waals surface area contributed by atoms with Crippen molar-refractivity contribution in [2.75, 3.05) is 13.7 Å². The first-order valence-electron chi connectivity index (χ1n) is 11.2. The fourth-order valence-corrected chi connectivity index (χ4v) is 4.56. The van der Waals surface area contributed by atoms with Crippen molar-refractivity contribution in [3.05, 3.63) is 83.6 Å². The zero-order chi connectivity index (χ0) is 24.4. The van der Waals surface area contributed by atoms with Crippen molar-refractivity contribution in [2.24, 2.45) is 7.05 Å². The topological polar surface area (TPSA) is 81.0 Å². The van der Waals surface area contributed by atoms with Crippen molar-refractivity contribution in [1.82, 2.24) is 9.47 Å². The second-order valence-electron chi connectivity index (χ2n) is 8.10. The maximum Gasteiger partial charge on any atom is 0.339 e. The van der Waals surface area contributed by atoms with Gasteiger partial charge in [0, 0.05) is 24.5 Å². The molecular weight excluding hydrogens is 432 g/mol. The number of aliphatic hydroxyl groups excluding tert-OH is 1. The number of hydrogen-bond donors (Lipinski definition) is 1. The summed E-state index contributed by atoms with van der Waals surface area (Å²) >= 11 is 0. The van der Waals surface area contributed by atoms with E-state index in [0.717, 1.165) is 11.1 Å². The van der Waals surface area contributed by atoms with Gasteiger partial charge in [-0.1, -0.05) is 36.4 Å². The molecule has 1 atom stereocenters. The molecule has 0 fully saturated rings. The molecule has 1 amide bonds. The van der Waals surface area contributed by atoms with Crippen molar-refractivity contribution >= 4 is 28.5 Å². The molecule has 1 aromatic heterocycles. The van der Waals surface area contributed by atoms with E-state index in [-0.39, 0.29) is 36.8 Å². The number of benzene rings is 2. The molecule has 7 nitrogen and oxygen atoms in total. The Bertz CT molecular complexity index is 1290. The monoisotopic (exact) mass is 460 g/mol. The van der Waals surface area contributed by atoms with Crippen LogP contribution in [0.15, 0.2) is 66.8 Å². The van der Waals surface area contributed by atoms with Gasteiger partial charge in [-0.25, -0.2) is 4.79 Å². The van der Waals surface area contributed by atoms with E-state index >= 15 is 0 Å². The number of ether oxygens (including phenoxy) is 2. The van der Waals surface area contributed by atoms with Gasteiger partial charge in [-0.2, -0.15) is 0 Å². The predicted molar refractivity (Wildman–Crippen MR) is 131 cm³/mol. The molecule has 176 valence electrons. The minimum Gasteiger partial charge on any atom is -0.507 e. The van der Waals surface area contributed by atoms with Gasteiger partial charge < -0.3 is 24.0 Å². The van der Waals surface area contributed by atoms with Crippen LogP contribution in [0.1, 0.15) is 35.0 Å². The molecule has 1 aliphatic heterocycles. The van der Waals surface area contributed by atoms with E-state index in [1.54, 1.807) is 36.6 Å². The standard InChI is InChI=1S/C27H28N2O5/c1-5-9-21-23(27(32)34-6-2)25(30)22-19-10-7-8-11-20(19)28(3)24(22)26(31)29(21)16-17-12-14-18(33-4)15-13-17/h5,7-8,10-15,21,30H,1,6,9,16H2,2-4H3. The summed E-state index contributed by atoms with van der Waals surface area (Å²) in [5, 5.41) is 12.2. The SMILES string of the molecule is C=CCC1C(C(=O)OCC)=C(O)c2c(n(C)c3ccccc23)C(=O)N1Cc1ccc(OC)cc1. The Hall–Kier alpha value is -4.00. The fraction of sp³-hybridized carbons (Fsp3) is 0.259. The minimum atomic E-state index is -0.752. The zero-order valence-corrected chi connectivity index (χ0v) is 19.6. The molecule has 0 spiro atoms. The first-order valence-corrected chi connectivity index (χ1v) is 11.2. The van der Waals surface area contributed by atoms with Crippen molar-refractivity contribution in [1.29, 1.82) is 0 Å². The molecule has 2 aromatic carbocycles. The molecule has 0 radical (unpaired) electrons. The maximum absolute atomic E-state index is 14.1. The molecule has 0 aliphatic carbocycles. The number of rotatable bonds is 7. The van der Waals surface area contributed by atoms with Crippen molar-refractivity contribution in [3.8, 4) is 5.75 Å². The van der Waals surface area contributed by atoms with Crippen LogP contribution in [0.4, 0.5) is 0 Å². The van der Waals surface area contributed by atoms with Gasteiger partial charge in [-0.15, -0.1) is 6.58 Å². The third-order valence-corrected chi connectivity index (χ3v) is 6.17. The van der Waals surface area contributed by atoms with E-state index in [1.807, 2.05) is 48.5 Å². The molecule has 3 aromatic rings. The third-order valence-electron chi connectivity index (χ3n) is 6.17. The van der Waals surface area contributed by atoms with Crippen LogP contribution in [-0.4, -0.2) is 46.2 Å². The lowest BCUT2D eigenvalue weighted by Crippen LogP contribution is -2.42. The number of carbonyl (C=O) groups excluding carboxylic acids is 2. The highest BCUT2D eigenvalue weighted by Crippen LogP contribution is 2.38. The molecule has 1 unspecified atom stereocenters. The van der Waals surface area contributed by atoms with Crippen molar-refractivity contribution in [2.45, 2.75) is 25.9 Å². The van der Waals surface area contributed by atoms with Crippen LogP contribution < -0.4 is 4.74 Å². The summed E-state index contributed by atoms with van der Waals surface area (Å²) < 4.78 is 12.3. The number of esters is 1. The number of fused-ring (bicyclic) bond motifs is 3. The maximum atomic E-state index is 14.1. The van der Waals surface area contributed by atoms with E-state index in [1.165, 1.54) is 0 Å². The normalized spacial score (nSPS) is 15.8. The first kappa shape index (κ1) is 23.2. The number of aliphatic hydroxyl groups is 1. The molecule has 1 N–H and O–H groups in total. The molecule has 4 rings (SSSR count). The highest BCUT2D eigenvalue weighted by molar-refractivity contribution is 6.12. The number of carbonyl (C=O) groups is 2. The van der Waals surface area contributed by atoms with E-state index in [2.05, 4.69) is 6.58 Å². The highest BCUT2D eigenvalue weighted by Gasteiger charge is 2.41. The van der Waals surface area contributed by atoms with Crippen LogP contribution in [0.2, 0.25) is 0 Å². The second kappa shape index (κ2) is 9.47. The third kappa shape index (κ3) is 3.83. The van der Waals surface area contributed by atoms with Crippen LogP contribution in [0.3, 0.4) is 0 Å². The number of aromatic nitrogens is 1. The molecule has 7 heteroatoms. The number of aryl methyl sites for hydroxylation is 1. The fourth-order valence-electron chi connectivity index (χ4n) is 4.56. The van der Waals surface area contributed by atoms with Crippen LogP contribution in [0.5, 0.6) is 5.75 Å². The van der Waals surface area contributed by atoms with Crippen molar-refractivity contribution < 1.29 is 24.2 Å². The number of nitrogens with zero attached hydrogens (tertiary/aromatic N) is 2. The predicted octanol–water partition coefficient (Wildman–Crippen LogP) is 4.62. The average molecular weight is 461 g/mol. The summed E-state index contributed by atoms with van der Waals surface area (Å²) in [5.74, 6) is -0.473. The van der Waals surface area contributed by atoms with Crippen LogP contribution in [0, 0.1) is 0 Å². The summed E-state index contributed by atoms with van der Waals surface area (Å²) in [6.45, 7) is 5.90. The van der Waals surface area contributed by atoms with Gasteiger partial charge in [0.05, 0.1) is 25.3 Å². The van der Waals surface area contributed by atoms with Crippen LogP contribution in [-0.2, 0) is 23.1 Å². The summed E-state index contributed by atoms with van der Waals surface area (Å²) in [6.07, 6.45) is 1.91. The zero-order valence-electron chi connectivity index (χ0n) is 19.6. The Morgan fingerprint density at radius 1 is 1.18 bits per heavy atom. The van der Waals surface area contributed by atoms with Gasteiger partial charge in [-0.05, 0) is 37.1 Å². The van der Waals surface area contributed by atoms with Gasteiger partial charge >= 0.3 is 5.97 Å². The van der Waals surface area contributed by atoms with Gasteiger partial charge in [0.15, 0.2) is 0 Å². The Labute approximate surface area is 198 Å². The number of hydrogen-bond acceptors (Lipinski definition) is 5. The van der Waals surface area contributed by atoms with E-state index in [0.29, 0.717) is 22.4 Å². The number of methoxy groups -OCH3 is 1. The largest absolute Gasteiger partial charge is 0.507 e. The van der Waals surface area contributed by atoms with Gasteiger partial charge in [0.2, 0.25) is 0 Å². The summed E-state index contributed by atoms with van der Waals surface area (Å²) in [7, 11) is 3.38. The summed E-state index contributed by atoms with van der Waals surface area (Å²) in [6, 6.07) is 14.1. The lowest BCUT2D eigenvalue weighted by molar-refractivity contribution is -0.139. The molecule has 34 heavy (non-hydrogen) atoms. The molecule has 2 heterocycles. The lowest BCUT2D eigenvalue weighted by Gasteiger charge is -2.31. The molecule has 1 aliphatic rings. The second-order valence-corrected chi connectivity index (χ2v) is 8.10. The number of amides is 1. The molecular formula is C27H28N2O5. The summed E-state index contributed by atoms with van der Waals surface area (Å²) in [4.78, 5) is 28.8. The minimum absolute atomic E-state index is 0.0544. The van der Waals surface area contributed by atoms with Crippen LogP contribution in [0.25, 0.3) is 16.7 Å². The van der Waals surface area contributed by atoms with Crippen molar-refractivity contribution in [3.63, 3.8) is 0 Å². The van der Waals surface area contributed by atoms with Gasteiger partial charge in [-0.3, -0.25) is 4.79 Å². The summed E-state index contributed by atoms with van der Waals surface area (Å²) in [5.41, 5.74) is 2.35. The molecule has 0 bridgehead atoms. The number of para-hydroxylation sites is 1. The Morgan fingerprint density at radius 2 is 1.88 bits per heavy atom. The Kier molecular flexibility index (Phi) is 6.45. The van der Waals surface area contributed by atoms with E-state index in [9.17, 15) is 14.7 Å². The van der Waals surface area contributed by atoms with Gasteiger partial charge in [0.25, 0.3) is 5.91 Å². The average Bonchev–Trinajstić information content (AvgIpc) is 3.10. The molecule has 0 saturated heterocycles.